The van der Waals surface area contributed by atoms with Crippen LogP contribution in [0.1, 0.15) is 30.4 Å². The normalized spacial score (nSPS) is 14.4. The van der Waals surface area contributed by atoms with E-state index in [9.17, 15) is 4.79 Å². The van der Waals surface area contributed by atoms with Gasteiger partial charge in [0.1, 0.15) is 0 Å². The molecule has 0 saturated heterocycles. The number of aryl methyl sites for hydroxylation is 1. The first kappa shape index (κ1) is 14.4. The molecule has 104 valence electrons. The quantitative estimate of drug-likeness (QED) is 0.615. The SMILES string of the molecule is COC(=O)CCSc1ccc(CNC2CC2)cc1C. The van der Waals surface area contributed by atoms with Gasteiger partial charge in [-0.25, -0.2) is 0 Å². The van der Waals surface area contributed by atoms with Gasteiger partial charge >= 0.3 is 5.97 Å². The van der Waals surface area contributed by atoms with E-state index in [2.05, 4.69) is 35.2 Å². The summed E-state index contributed by atoms with van der Waals surface area (Å²) in [5, 5.41) is 3.52. The highest BCUT2D eigenvalue weighted by Crippen LogP contribution is 2.25. The molecule has 0 amide bonds. The second-order valence-electron chi connectivity index (χ2n) is 4.93. The molecule has 1 aliphatic rings. The number of hydrogen-bond donors (Lipinski definition) is 1. The Morgan fingerprint density at radius 2 is 2.26 bits per heavy atom. The van der Waals surface area contributed by atoms with Gasteiger partial charge in [-0.1, -0.05) is 12.1 Å². The number of hydrogen-bond acceptors (Lipinski definition) is 4. The van der Waals surface area contributed by atoms with Crippen molar-refractivity contribution in [1.82, 2.24) is 5.32 Å². The van der Waals surface area contributed by atoms with E-state index >= 15 is 0 Å². The summed E-state index contributed by atoms with van der Waals surface area (Å²) in [5.41, 5.74) is 2.62. The van der Waals surface area contributed by atoms with Crippen LogP contribution in [0.4, 0.5) is 0 Å². The van der Waals surface area contributed by atoms with Crippen molar-refractivity contribution in [2.75, 3.05) is 12.9 Å². The van der Waals surface area contributed by atoms with Gasteiger partial charge in [0.25, 0.3) is 0 Å². The molecule has 1 N–H and O–H groups in total. The van der Waals surface area contributed by atoms with Gasteiger partial charge in [0.2, 0.25) is 0 Å². The molecule has 1 saturated carbocycles. The second kappa shape index (κ2) is 6.96. The van der Waals surface area contributed by atoms with Gasteiger partial charge in [-0.2, -0.15) is 0 Å². The van der Waals surface area contributed by atoms with Crippen LogP contribution in [0.5, 0.6) is 0 Å². The molecule has 0 spiro atoms. The third-order valence-electron chi connectivity index (χ3n) is 3.20. The number of thioether (sulfide) groups is 1. The van der Waals surface area contributed by atoms with E-state index in [4.69, 9.17) is 0 Å². The molecule has 1 aliphatic carbocycles. The number of esters is 1. The minimum absolute atomic E-state index is 0.143. The Labute approximate surface area is 119 Å². The molecule has 0 bridgehead atoms. The van der Waals surface area contributed by atoms with Crippen molar-refractivity contribution in [1.29, 1.82) is 0 Å². The van der Waals surface area contributed by atoms with Gasteiger partial charge < -0.3 is 10.1 Å². The Kier molecular flexibility index (Phi) is 5.28. The maximum Gasteiger partial charge on any atom is 0.306 e. The van der Waals surface area contributed by atoms with E-state index in [1.165, 1.54) is 36.0 Å². The Morgan fingerprint density at radius 3 is 2.89 bits per heavy atom. The summed E-state index contributed by atoms with van der Waals surface area (Å²) >= 11 is 1.71. The topological polar surface area (TPSA) is 38.3 Å². The van der Waals surface area contributed by atoms with Crippen LogP contribution < -0.4 is 5.32 Å². The summed E-state index contributed by atoms with van der Waals surface area (Å²) in [4.78, 5) is 12.3. The number of rotatable bonds is 7. The molecule has 19 heavy (non-hydrogen) atoms. The summed E-state index contributed by atoms with van der Waals surface area (Å²) in [7, 11) is 1.43. The van der Waals surface area contributed by atoms with E-state index in [1.54, 1.807) is 11.8 Å². The van der Waals surface area contributed by atoms with Crippen molar-refractivity contribution < 1.29 is 9.53 Å². The van der Waals surface area contributed by atoms with Crippen LogP contribution in [0, 0.1) is 6.92 Å². The van der Waals surface area contributed by atoms with E-state index in [1.807, 2.05) is 0 Å². The van der Waals surface area contributed by atoms with E-state index in [0.29, 0.717) is 6.42 Å². The van der Waals surface area contributed by atoms with Crippen molar-refractivity contribution in [3.8, 4) is 0 Å². The highest BCUT2D eigenvalue weighted by molar-refractivity contribution is 7.99. The van der Waals surface area contributed by atoms with Crippen LogP contribution in [-0.4, -0.2) is 24.9 Å². The first-order valence-electron chi connectivity index (χ1n) is 6.71. The molecule has 0 aromatic heterocycles. The molecule has 0 aliphatic heterocycles. The molecule has 4 heteroatoms. The maximum absolute atomic E-state index is 11.1. The second-order valence-corrected chi connectivity index (χ2v) is 6.07. The minimum atomic E-state index is -0.143. The number of nitrogens with one attached hydrogen (secondary N) is 1. The lowest BCUT2D eigenvalue weighted by atomic mass is 10.1. The van der Waals surface area contributed by atoms with Crippen LogP contribution >= 0.6 is 11.8 Å². The van der Waals surface area contributed by atoms with E-state index < -0.39 is 0 Å². The van der Waals surface area contributed by atoms with Crippen LogP contribution in [0.2, 0.25) is 0 Å². The van der Waals surface area contributed by atoms with Gasteiger partial charge in [-0.3, -0.25) is 4.79 Å². The largest absolute Gasteiger partial charge is 0.469 e. The molecular weight excluding hydrogens is 258 g/mol. The van der Waals surface area contributed by atoms with Gasteiger partial charge in [-0.15, -0.1) is 11.8 Å². The Balaban J connectivity index is 1.81. The summed E-state index contributed by atoms with van der Waals surface area (Å²) in [6.45, 7) is 3.08. The fraction of sp³-hybridized carbons (Fsp3) is 0.533. The van der Waals surface area contributed by atoms with Crippen LogP contribution in [0.15, 0.2) is 23.1 Å². The smallest absolute Gasteiger partial charge is 0.306 e. The average Bonchev–Trinajstić information content (AvgIpc) is 3.22. The lowest BCUT2D eigenvalue weighted by Crippen LogP contribution is -2.15. The van der Waals surface area contributed by atoms with E-state index in [-0.39, 0.29) is 5.97 Å². The number of benzene rings is 1. The highest BCUT2D eigenvalue weighted by atomic mass is 32.2. The standard InChI is InChI=1S/C15H21NO2S/c1-11-9-12(10-16-13-4-5-13)3-6-14(11)19-8-7-15(17)18-2/h3,6,9,13,16H,4-5,7-8,10H2,1-2H3. The first-order chi connectivity index (χ1) is 9.19. The number of methoxy groups -OCH3 is 1. The summed E-state index contributed by atoms with van der Waals surface area (Å²) in [6, 6.07) is 7.30. The van der Waals surface area contributed by atoms with Crippen molar-refractivity contribution in [2.24, 2.45) is 0 Å². The van der Waals surface area contributed by atoms with Crippen LogP contribution in [0.25, 0.3) is 0 Å². The van der Waals surface area contributed by atoms with Crippen molar-refractivity contribution in [2.45, 2.75) is 43.7 Å². The highest BCUT2D eigenvalue weighted by Gasteiger charge is 2.19. The monoisotopic (exact) mass is 279 g/mol. The summed E-state index contributed by atoms with van der Waals surface area (Å²) in [6.07, 6.45) is 3.10. The Bertz CT molecular complexity index is 444. The lowest BCUT2D eigenvalue weighted by molar-refractivity contribution is -0.140. The third-order valence-corrected chi connectivity index (χ3v) is 4.38. The van der Waals surface area contributed by atoms with Gasteiger partial charge in [0.15, 0.2) is 0 Å². The van der Waals surface area contributed by atoms with Crippen molar-refractivity contribution in [3.05, 3.63) is 29.3 Å². The average molecular weight is 279 g/mol. The predicted octanol–water partition coefficient (Wildman–Crippen LogP) is 2.90. The molecule has 1 aromatic carbocycles. The molecule has 0 radical (unpaired) electrons. The molecule has 0 unspecified atom stereocenters. The van der Waals surface area contributed by atoms with Crippen LogP contribution in [0.3, 0.4) is 0 Å². The molecule has 1 aromatic rings. The summed E-state index contributed by atoms with van der Waals surface area (Å²) < 4.78 is 4.64. The van der Waals surface area contributed by atoms with Gasteiger partial charge in [0, 0.05) is 23.2 Å². The first-order valence-corrected chi connectivity index (χ1v) is 7.70. The minimum Gasteiger partial charge on any atom is -0.469 e. The molecule has 0 heterocycles. The summed E-state index contributed by atoms with van der Waals surface area (Å²) in [5.74, 6) is 0.628. The Hall–Kier alpha value is -1.00. The zero-order valence-electron chi connectivity index (χ0n) is 11.6. The van der Waals surface area contributed by atoms with Gasteiger partial charge in [-0.05, 0) is 37.0 Å². The molecule has 1 fully saturated rings. The predicted molar refractivity (Wildman–Crippen MR) is 78.4 cm³/mol. The molecule has 2 rings (SSSR count). The number of carbonyl (C=O) groups is 1. The lowest BCUT2D eigenvalue weighted by Gasteiger charge is -2.09. The molecule has 0 atom stereocenters. The van der Waals surface area contributed by atoms with Crippen LogP contribution in [-0.2, 0) is 16.1 Å². The zero-order chi connectivity index (χ0) is 13.7. The zero-order valence-corrected chi connectivity index (χ0v) is 12.4. The third kappa shape index (κ3) is 4.88. The fourth-order valence-electron chi connectivity index (χ4n) is 1.88. The Morgan fingerprint density at radius 1 is 1.47 bits per heavy atom. The van der Waals surface area contributed by atoms with E-state index in [0.717, 1.165) is 18.3 Å². The molecular formula is C15H21NO2S. The van der Waals surface area contributed by atoms with Gasteiger partial charge in [0.05, 0.1) is 13.5 Å². The van der Waals surface area contributed by atoms with Crippen molar-refractivity contribution >= 4 is 17.7 Å². The maximum atomic E-state index is 11.1. The molecule has 3 nitrogen and oxygen atoms in total. The van der Waals surface area contributed by atoms with Crippen molar-refractivity contribution in [3.63, 3.8) is 0 Å². The number of carbonyl (C=O) groups excluding carboxylic acids is 1. The number of ether oxygens (including phenoxy) is 1. The fourth-order valence-corrected chi connectivity index (χ4v) is 2.82.